The number of hydrogen-bond acceptors (Lipinski definition) is 9. The van der Waals surface area contributed by atoms with Crippen molar-refractivity contribution in [1.29, 1.82) is 0 Å². The largest absolute Gasteiger partial charge is 0.491 e. The zero-order valence-electron chi connectivity index (χ0n) is 14.9. The molecule has 0 spiro atoms. The first-order valence-electron chi connectivity index (χ1n) is 8.37. The van der Waals surface area contributed by atoms with Crippen molar-refractivity contribution in [2.45, 2.75) is 5.22 Å². The second-order valence-electron chi connectivity index (χ2n) is 5.08. The third-order valence-corrected chi connectivity index (χ3v) is 3.70. The van der Waals surface area contributed by atoms with Gasteiger partial charge in [-0.1, -0.05) is 11.8 Å². The minimum absolute atomic E-state index is 0.468. The fraction of sp³-hybridized carbons (Fsp3) is 0.529. The molecule has 0 saturated heterocycles. The van der Waals surface area contributed by atoms with Gasteiger partial charge >= 0.3 is 0 Å². The van der Waals surface area contributed by atoms with Crippen LogP contribution >= 0.6 is 11.8 Å². The van der Waals surface area contributed by atoms with E-state index in [0.29, 0.717) is 63.9 Å². The minimum Gasteiger partial charge on any atom is -0.491 e. The Hall–Kier alpha value is -1.65. The Balaban J connectivity index is 1.53. The smallest absolute Gasteiger partial charge is 0.276 e. The van der Waals surface area contributed by atoms with Gasteiger partial charge in [0.05, 0.1) is 39.6 Å². The van der Waals surface area contributed by atoms with Crippen molar-refractivity contribution in [3.05, 3.63) is 24.3 Å². The maximum Gasteiger partial charge on any atom is 0.276 e. The summed E-state index contributed by atoms with van der Waals surface area (Å²) in [5.74, 6) is 1.26. The van der Waals surface area contributed by atoms with Gasteiger partial charge in [0.1, 0.15) is 12.4 Å². The van der Waals surface area contributed by atoms with Crippen molar-refractivity contribution < 1.29 is 23.4 Å². The lowest BCUT2D eigenvalue weighted by molar-refractivity contribution is 0.0106. The normalized spacial score (nSPS) is 11.0. The Labute approximate surface area is 157 Å². The lowest BCUT2D eigenvalue weighted by Crippen LogP contribution is -2.14. The first kappa shape index (κ1) is 20.7. The predicted octanol–water partition coefficient (Wildman–Crippen LogP) is 1.85. The van der Waals surface area contributed by atoms with Crippen LogP contribution < -0.4 is 10.5 Å². The van der Waals surface area contributed by atoms with E-state index < -0.39 is 0 Å². The van der Waals surface area contributed by atoms with Gasteiger partial charge in [-0.25, -0.2) is 0 Å². The SMILES string of the molecule is CSc1nnc(-c2ccc(OCCOCCOCCOCCN)cc2)o1. The summed E-state index contributed by atoms with van der Waals surface area (Å²) in [7, 11) is 0. The summed E-state index contributed by atoms with van der Waals surface area (Å²) in [6, 6.07) is 7.49. The number of rotatable bonds is 14. The molecule has 0 radical (unpaired) electrons. The van der Waals surface area contributed by atoms with Gasteiger partial charge in [-0.05, 0) is 30.5 Å². The van der Waals surface area contributed by atoms with E-state index >= 15 is 0 Å². The molecular formula is C17H25N3O5S. The number of thioether (sulfide) groups is 1. The molecule has 0 aliphatic carbocycles. The Morgan fingerprint density at radius 2 is 1.50 bits per heavy atom. The van der Waals surface area contributed by atoms with E-state index in [1.807, 2.05) is 30.5 Å². The molecule has 26 heavy (non-hydrogen) atoms. The lowest BCUT2D eigenvalue weighted by Gasteiger charge is -2.08. The zero-order valence-corrected chi connectivity index (χ0v) is 15.7. The number of aromatic nitrogens is 2. The van der Waals surface area contributed by atoms with Gasteiger partial charge in [-0.15, -0.1) is 10.2 Å². The van der Waals surface area contributed by atoms with Crippen LogP contribution in [0.5, 0.6) is 5.75 Å². The van der Waals surface area contributed by atoms with Crippen molar-refractivity contribution in [3.63, 3.8) is 0 Å². The molecule has 0 fully saturated rings. The molecule has 0 saturated carbocycles. The van der Waals surface area contributed by atoms with Crippen molar-refractivity contribution in [3.8, 4) is 17.2 Å². The second-order valence-corrected chi connectivity index (χ2v) is 5.83. The Morgan fingerprint density at radius 1 is 0.885 bits per heavy atom. The van der Waals surface area contributed by atoms with Crippen LogP contribution in [0.25, 0.3) is 11.5 Å². The van der Waals surface area contributed by atoms with Gasteiger partial charge in [-0.2, -0.15) is 0 Å². The standard InChI is InChI=1S/C17H25N3O5S/c1-26-17-20-19-16(25-17)14-2-4-15(5-3-14)24-13-12-23-11-10-22-9-8-21-7-6-18/h2-5H,6-13,18H2,1H3. The highest BCUT2D eigenvalue weighted by atomic mass is 32.2. The summed E-state index contributed by atoms with van der Waals surface area (Å²) in [6.45, 7) is 4.21. The van der Waals surface area contributed by atoms with Crippen molar-refractivity contribution >= 4 is 11.8 Å². The monoisotopic (exact) mass is 383 g/mol. The van der Waals surface area contributed by atoms with Crippen LogP contribution in [0, 0.1) is 0 Å². The van der Waals surface area contributed by atoms with Crippen LogP contribution in [0.4, 0.5) is 0 Å². The average Bonchev–Trinajstić information content (AvgIpc) is 3.16. The molecule has 1 heterocycles. The molecule has 0 unspecified atom stereocenters. The summed E-state index contributed by atoms with van der Waals surface area (Å²) in [6.07, 6.45) is 1.89. The lowest BCUT2D eigenvalue weighted by atomic mass is 10.2. The summed E-state index contributed by atoms with van der Waals surface area (Å²) in [5.41, 5.74) is 6.17. The van der Waals surface area contributed by atoms with Crippen LogP contribution in [-0.2, 0) is 14.2 Å². The van der Waals surface area contributed by atoms with E-state index in [1.54, 1.807) is 0 Å². The van der Waals surface area contributed by atoms with Gasteiger partial charge in [0.2, 0.25) is 5.89 Å². The first-order chi connectivity index (χ1) is 12.8. The summed E-state index contributed by atoms with van der Waals surface area (Å²) in [5, 5.41) is 8.46. The van der Waals surface area contributed by atoms with Gasteiger partial charge < -0.3 is 29.1 Å². The Kier molecular flexibility index (Phi) is 10.1. The third-order valence-electron chi connectivity index (χ3n) is 3.18. The van der Waals surface area contributed by atoms with E-state index in [4.69, 9.17) is 29.1 Å². The van der Waals surface area contributed by atoms with Crippen LogP contribution in [0.15, 0.2) is 33.9 Å². The molecule has 9 heteroatoms. The molecule has 2 rings (SSSR count). The van der Waals surface area contributed by atoms with Crippen LogP contribution in [0.1, 0.15) is 0 Å². The average molecular weight is 383 g/mol. The summed E-state index contributed by atoms with van der Waals surface area (Å²) in [4.78, 5) is 0. The van der Waals surface area contributed by atoms with Gasteiger partial charge in [0.25, 0.3) is 5.22 Å². The number of ether oxygens (including phenoxy) is 4. The summed E-state index contributed by atoms with van der Waals surface area (Å²) < 4.78 is 27.1. The highest BCUT2D eigenvalue weighted by Crippen LogP contribution is 2.23. The number of nitrogens with zero attached hydrogens (tertiary/aromatic N) is 2. The highest BCUT2D eigenvalue weighted by Gasteiger charge is 2.07. The van der Waals surface area contributed by atoms with Crippen LogP contribution in [0.3, 0.4) is 0 Å². The fourth-order valence-electron chi connectivity index (χ4n) is 1.95. The van der Waals surface area contributed by atoms with E-state index in [2.05, 4.69) is 10.2 Å². The summed E-state index contributed by atoms with van der Waals surface area (Å²) >= 11 is 1.41. The second kappa shape index (κ2) is 12.7. The van der Waals surface area contributed by atoms with Gasteiger partial charge in [0, 0.05) is 12.1 Å². The fourth-order valence-corrected chi connectivity index (χ4v) is 2.23. The molecular weight excluding hydrogens is 358 g/mol. The minimum atomic E-state index is 0.468. The van der Waals surface area contributed by atoms with Crippen LogP contribution in [-0.4, -0.2) is 69.2 Å². The van der Waals surface area contributed by atoms with Gasteiger partial charge in [-0.3, -0.25) is 0 Å². The first-order valence-corrected chi connectivity index (χ1v) is 9.60. The van der Waals surface area contributed by atoms with E-state index in [0.717, 1.165) is 11.3 Å². The Bertz CT molecular complexity index is 609. The maximum absolute atomic E-state index is 5.63. The molecule has 144 valence electrons. The highest BCUT2D eigenvalue weighted by molar-refractivity contribution is 7.98. The number of hydrogen-bond donors (Lipinski definition) is 1. The Morgan fingerprint density at radius 3 is 2.08 bits per heavy atom. The molecule has 1 aromatic heterocycles. The maximum atomic E-state index is 5.63. The van der Waals surface area contributed by atoms with E-state index in [-0.39, 0.29) is 0 Å². The molecule has 0 bridgehead atoms. The molecule has 2 N–H and O–H groups in total. The predicted molar refractivity (Wildman–Crippen MR) is 98.5 cm³/mol. The molecule has 0 aliphatic heterocycles. The topological polar surface area (TPSA) is 102 Å². The molecule has 1 aromatic carbocycles. The van der Waals surface area contributed by atoms with Crippen molar-refractivity contribution in [1.82, 2.24) is 10.2 Å². The molecule has 0 amide bonds. The third kappa shape index (κ3) is 7.71. The van der Waals surface area contributed by atoms with Crippen LogP contribution in [0.2, 0.25) is 0 Å². The van der Waals surface area contributed by atoms with Gasteiger partial charge in [0.15, 0.2) is 0 Å². The quantitative estimate of drug-likeness (QED) is 0.387. The number of nitrogens with two attached hydrogens (primary N) is 1. The molecule has 2 aromatic rings. The molecule has 0 aliphatic rings. The molecule has 0 atom stereocenters. The van der Waals surface area contributed by atoms with E-state index in [9.17, 15) is 0 Å². The van der Waals surface area contributed by atoms with Crippen molar-refractivity contribution in [2.24, 2.45) is 5.73 Å². The van der Waals surface area contributed by atoms with E-state index in [1.165, 1.54) is 11.8 Å². The van der Waals surface area contributed by atoms with Crippen molar-refractivity contribution in [2.75, 3.05) is 59.0 Å². The number of benzene rings is 1. The zero-order chi connectivity index (χ0) is 18.5. The molecule has 8 nitrogen and oxygen atoms in total.